The van der Waals surface area contributed by atoms with Crippen molar-refractivity contribution < 1.29 is 14.3 Å². The second-order valence-electron chi connectivity index (χ2n) is 7.58. The lowest BCUT2D eigenvalue weighted by Crippen LogP contribution is -2.45. The van der Waals surface area contributed by atoms with Gasteiger partial charge in [-0.3, -0.25) is 9.69 Å². The van der Waals surface area contributed by atoms with Gasteiger partial charge in [-0.05, 0) is 50.8 Å². The van der Waals surface area contributed by atoms with E-state index in [4.69, 9.17) is 9.47 Å². The number of nitrogens with zero attached hydrogens (tertiary/aromatic N) is 1. The first-order chi connectivity index (χ1) is 12.8. The number of hydrogen-bond acceptors (Lipinski definition) is 5. The van der Waals surface area contributed by atoms with Crippen LogP contribution in [-0.2, 0) is 11.3 Å². The summed E-state index contributed by atoms with van der Waals surface area (Å²) in [5.41, 5.74) is 1.20. The Labute approximate surface area is 155 Å². The number of benzene rings is 1. The van der Waals surface area contributed by atoms with Gasteiger partial charge in [-0.15, -0.1) is 0 Å². The van der Waals surface area contributed by atoms with E-state index in [1.54, 1.807) is 0 Å². The van der Waals surface area contributed by atoms with Crippen molar-refractivity contribution in [3.63, 3.8) is 0 Å². The smallest absolute Gasteiger partial charge is 0.237 e. The van der Waals surface area contributed by atoms with Crippen molar-refractivity contribution in [2.45, 2.75) is 38.3 Å². The highest BCUT2D eigenvalue weighted by molar-refractivity contribution is 5.81. The van der Waals surface area contributed by atoms with Crippen molar-refractivity contribution in [2.24, 2.45) is 5.92 Å². The topological polar surface area (TPSA) is 62.8 Å². The van der Waals surface area contributed by atoms with Gasteiger partial charge >= 0.3 is 0 Å². The normalized spacial score (nSPS) is 25.8. The van der Waals surface area contributed by atoms with E-state index in [-0.39, 0.29) is 11.9 Å². The zero-order valence-corrected chi connectivity index (χ0v) is 15.3. The van der Waals surface area contributed by atoms with E-state index < -0.39 is 0 Å². The Morgan fingerprint density at radius 3 is 3.04 bits per heavy atom. The lowest BCUT2D eigenvalue weighted by molar-refractivity contribution is -0.123. The number of fused-ring (bicyclic) bond motifs is 1. The van der Waals surface area contributed by atoms with Crippen LogP contribution >= 0.6 is 0 Å². The Morgan fingerprint density at radius 1 is 1.23 bits per heavy atom. The van der Waals surface area contributed by atoms with Gasteiger partial charge in [-0.2, -0.15) is 0 Å². The summed E-state index contributed by atoms with van der Waals surface area (Å²) in [6.07, 6.45) is 4.42. The quantitative estimate of drug-likeness (QED) is 0.835. The molecular weight excluding hydrogens is 330 g/mol. The van der Waals surface area contributed by atoms with Gasteiger partial charge in [-0.1, -0.05) is 12.1 Å². The fourth-order valence-electron chi connectivity index (χ4n) is 4.24. The highest BCUT2D eigenvalue weighted by atomic mass is 16.6. The summed E-state index contributed by atoms with van der Waals surface area (Å²) >= 11 is 0. The molecule has 3 aliphatic rings. The highest BCUT2D eigenvalue weighted by Crippen LogP contribution is 2.34. The molecule has 6 nitrogen and oxygen atoms in total. The van der Waals surface area contributed by atoms with E-state index >= 15 is 0 Å². The molecule has 6 heteroatoms. The second-order valence-corrected chi connectivity index (χ2v) is 7.58. The maximum absolute atomic E-state index is 12.2. The number of piperidine rings is 1. The van der Waals surface area contributed by atoms with Gasteiger partial charge in [0.1, 0.15) is 13.2 Å². The number of rotatable bonds is 5. The van der Waals surface area contributed by atoms with Gasteiger partial charge in [0.2, 0.25) is 5.91 Å². The van der Waals surface area contributed by atoms with E-state index in [0.717, 1.165) is 57.1 Å². The number of amides is 1. The van der Waals surface area contributed by atoms with Gasteiger partial charge < -0.3 is 20.1 Å². The van der Waals surface area contributed by atoms with E-state index in [1.807, 2.05) is 12.1 Å². The Balaban J connectivity index is 1.30. The highest BCUT2D eigenvalue weighted by Gasteiger charge is 2.25. The van der Waals surface area contributed by atoms with Crippen LogP contribution in [0.3, 0.4) is 0 Å². The summed E-state index contributed by atoms with van der Waals surface area (Å²) in [5.74, 6) is 2.45. The molecule has 1 aromatic rings. The Bertz CT molecular complexity index is 631. The van der Waals surface area contributed by atoms with Crippen molar-refractivity contribution >= 4 is 5.91 Å². The van der Waals surface area contributed by atoms with Crippen LogP contribution in [0.2, 0.25) is 0 Å². The summed E-state index contributed by atoms with van der Waals surface area (Å²) in [7, 11) is 0. The summed E-state index contributed by atoms with van der Waals surface area (Å²) in [6.45, 7) is 5.97. The number of para-hydroxylation sites is 1. The van der Waals surface area contributed by atoms with Crippen molar-refractivity contribution in [3.05, 3.63) is 23.8 Å². The van der Waals surface area contributed by atoms with Gasteiger partial charge in [0, 0.05) is 25.2 Å². The molecule has 1 aromatic carbocycles. The monoisotopic (exact) mass is 359 g/mol. The largest absolute Gasteiger partial charge is 0.486 e. The molecule has 0 aromatic heterocycles. The molecule has 0 aliphatic carbocycles. The number of carbonyl (C=O) groups is 1. The van der Waals surface area contributed by atoms with Crippen LogP contribution in [0.1, 0.15) is 31.2 Å². The Kier molecular flexibility index (Phi) is 5.60. The predicted molar refractivity (Wildman–Crippen MR) is 99.5 cm³/mol. The number of ether oxygens (including phenoxy) is 2. The number of likely N-dealkylation sites (tertiary alicyclic amines) is 1. The predicted octanol–water partition coefficient (Wildman–Crippen LogP) is 1.54. The molecular formula is C20H29N3O3. The van der Waals surface area contributed by atoms with Gasteiger partial charge in [0.25, 0.3) is 0 Å². The van der Waals surface area contributed by atoms with E-state index in [2.05, 4.69) is 21.6 Å². The third kappa shape index (κ3) is 4.13. The first-order valence-corrected chi connectivity index (χ1v) is 9.90. The van der Waals surface area contributed by atoms with Crippen LogP contribution in [0.25, 0.3) is 0 Å². The summed E-state index contributed by atoms with van der Waals surface area (Å²) in [5, 5.41) is 6.42. The lowest BCUT2D eigenvalue weighted by atomic mass is 9.97. The molecule has 3 heterocycles. The standard InChI is InChI=1S/C20H29N3O3/c24-20(17-6-2-8-21-17)22-12-15-4-3-9-23(13-15)14-16-5-1-7-18-19(16)26-11-10-25-18/h1,5,7,15,17,21H,2-4,6,8-14H2,(H,22,24). The maximum Gasteiger partial charge on any atom is 0.237 e. The van der Waals surface area contributed by atoms with Crippen molar-refractivity contribution in [2.75, 3.05) is 39.4 Å². The SMILES string of the molecule is O=C(NCC1CCCN(Cc2cccc3c2OCCO3)C1)C1CCCN1. The van der Waals surface area contributed by atoms with Crippen molar-refractivity contribution in [1.82, 2.24) is 15.5 Å². The average Bonchev–Trinajstić information content (AvgIpc) is 3.22. The molecule has 0 spiro atoms. The first-order valence-electron chi connectivity index (χ1n) is 9.90. The van der Waals surface area contributed by atoms with Crippen LogP contribution in [0, 0.1) is 5.92 Å². The van der Waals surface area contributed by atoms with Gasteiger partial charge in [0.15, 0.2) is 11.5 Å². The lowest BCUT2D eigenvalue weighted by Gasteiger charge is -2.33. The molecule has 0 radical (unpaired) electrons. The molecule has 1 amide bonds. The molecule has 2 unspecified atom stereocenters. The van der Waals surface area contributed by atoms with Gasteiger partial charge in [0.05, 0.1) is 6.04 Å². The molecule has 0 saturated carbocycles. The fraction of sp³-hybridized carbons (Fsp3) is 0.650. The van der Waals surface area contributed by atoms with E-state index in [9.17, 15) is 4.79 Å². The molecule has 4 rings (SSSR count). The molecule has 2 saturated heterocycles. The van der Waals surface area contributed by atoms with Crippen molar-refractivity contribution in [1.29, 1.82) is 0 Å². The van der Waals surface area contributed by atoms with Crippen molar-refractivity contribution in [3.8, 4) is 11.5 Å². The minimum Gasteiger partial charge on any atom is -0.486 e. The molecule has 2 atom stereocenters. The minimum atomic E-state index is 0.0164. The van der Waals surface area contributed by atoms with Crippen LogP contribution in [0.4, 0.5) is 0 Å². The van der Waals surface area contributed by atoms with E-state index in [0.29, 0.717) is 19.1 Å². The van der Waals surface area contributed by atoms with Crippen LogP contribution in [0.5, 0.6) is 11.5 Å². The van der Waals surface area contributed by atoms with Crippen LogP contribution in [0.15, 0.2) is 18.2 Å². The maximum atomic E-state index is 12.2. The number of carbonyl (C=O) groups excluding carboxylic acids is 1. The van der Waals surface area contributed by atoms with Crippen LogP contribution in [-0.4, -0.2) is 56.2 Å². The summed E-state index contributed by atoms with van der Waals surface area (Å²) in [6, 6.07) is 6.16. The first kappa shape index (κ1) is 17.6. The molecule has 26 heavy (non-hydrogen) atoms. The summed E-state index contributed by atoms with van der Waals surface area (Å²) in [4.78, 5) is 14.7. The fourth-order valence-corrected chi connectivity index (χ4v) is 4.24. The van der Waals surface area contributed by atoms with E-state index in [1.165, 1.54) is 18.4 Å². The zero-order valence-electron chi connectivity index (χ0n) is 15.3. The zero-order chi connectivity index (χ0) is 17.8. The molecule has 0 bridgehead atoms. The summed E-state index contributed by atoms with van der Waals surface area (Å²) < 4.78 is 11.5. The minimum absolute atomic E-state index is 0.0164. The Morgan fingerprint density at radius 2 is 2.15 bits per heavy atom. The number of hydrogen-bond donors (Lipinski definition) is 2. The van der Waals surface area contributed by atoms with Crippen LogP contribution < -0.4 is 20.1 Å². The van der Waals surface area contributed by atoms with Gasteiger partial charge in [-0.25, -0.2) is 0 Å². The average molecular weight is 359 g/mol. The molecule has 2 N–H and O–H groups in total. The third-order valence-corrected chi connectivity index (χ3v) is 5.59. The third-order valence-electron chi connectivity index (χ3n) is 5.59. The molecule has 3 aliphatic heterocycles. The molecule has 2 fully saturated rings. The second kappa shape index (κ2) is 8.27. The number of nitrogens with one attached hydrogen (secondary N) is 2. The molecule has 142 valence electrons. The Hall–Kier alpha value is -1.79.